The Balaban J connectivity index is 2.12. The van der Waals surface area contributed by atoms with E-state index in [-0.39, 0.29) is 11.3 Å². The number of aromatic nitrogens is 1. The Morgan fingerprint density at radius 2 is 2.24 bits per heavy atom. The molecule has 0 bridgehead atoms. The third-order valence-corrected chi connectivity index (χ3v) is 3.10. The summed E-state index contributed by atoms with van der Waals surface area (Å²) in [6, 6.07) is 8.31. The molecule has 6 nitrogen and oxygen atoms in total. The minimum atomic E-state index is -0.481. The van der Waals surface area contributed by atoms with Crippen LogP contribution in [0.15, 0.2) is 36.7 Å². The molecule has 0 radical (unpaired) electrons. The number of nitrogens with zero attached hydrogens (tertiary/aromatic N) is 3. The predicted molar refractivity (Wildman–Crippen MR) is 79.9 cm³/mol. The fraction of sp³-hybridized carbons (Fsp3) is 0.267. The molecular weight excluding hydrogens is 268 g/mol. The molecule has 1 N–H and O–H groups in total. The largest absolute Gasteiger partial charge is 0.375 e. The van der Waals surface area contributed by atoms with Gasteiger partial charge in [0.15, 0.2) is 0 Å². The van der Waals surface area contributed by atoms with Crippen molar-refractivity contribution in [2.75, 3.05) is 5.32 Å². The van der Waals surface area contributed by atoms with Crippen LogP contribution < -0.4 is 5.32 Å². The molecule has 6 heteroatoms. The van der Waals surface area contributed by atoms with Crippen LogP contribution in [-0.4, -0.2) is 9.49 Å². The Morgan fingerprint density at radius 1 is 1.43 bits per heavy atom. The third-order valence-electron chi connectivity index (χ3n) is 3.10. The zero-order valence-electron chi connectivity index (χ0n) is 11.7. The highest BCUT2D eigenvalue weighted by Crippen LogP contribution is 2.25. The van der Waals surface area contributed by atoms with Gasteiger partial charge in [-0.15, -0.1) is 0 Å². The number of nitriles is 1. The summed E-state index contributed by atoms with van der Waals surface area (Å²) in [5.41, 5.74) is 1.67. The van der Waals surface area contributed by atoms with Crippen molar-refractivity contribution in [3.05, 3.63) is 57.9 Å². The first kappa shape index (κ1) is 14.6. The molecule has 108 valence electrons. The monoisotopic (exact) mass is 284 g/mol. The molecule has 2 aromatic rings. The Morgan fingerprint density at radius 3 is 2.90 bits per heavy atom. The summed E-state index contributed by atoms with van der Waals surface area (Å²) in [6.45, 7) is 3.57. The van der Waals surface area contributed by atoms with Crippen LogP contribution in [0.2, 0.25) is 0 Å². The molecule has 0 amide bonds. The molecule has 21 heavy (non-hydrogen) atoms. The quantitative estimate of drug-likeness (QED) is 0.651. The van der Waals surface area contributed by atoms with E-state index >= 15 is 0 Å². The van der Waals surface area contributed by atoms with E-state index in [1.165, 1.54) is 6.07 Å². The van der Waals surface area contributed by atoms with Crippen LogP contribution in [0.5, 0.6) is 0 Å². The molecule has 0 aliphatic heterocycles. The summed E-state index contributed by atoms with van der Waals surface area (Å²) in [6.07, 6.45) is 5.07. The molecule has 1 aromatic heterocycles. The highest BCUT2D eigenvalue weighted by molar-refractivity contribution is 5.64. The molecule has 0 unspecified atom stereocenters. The lowest BCUT2D eigenvalue weighted by molar-refractivity contribution is -0.384. The number of nitrogens with one attached hydrogen (secondary N) is 1. The van der Waals surface area contributed by atoms with Gasteiger partial charge in [0.2, 0.25) is 0 Å². The lowest BCUT2D eigenvalue weighted by Crippen LogP contribution is -2.02. The molecule has 0 aliphatic rings. The van der Waals surface area contributed by atoms with E-state index in [9.17, 15) is 10.1 Å². The van der Waals surface area contributed by atoms with Crippen molar-refractivity contribution < 1.29 is 4.92 Å². The van der Waals surface area contributed by atoms with Gasteiger partial charge in [-0.2, -0.15) is 5.26 Å². The van der Waals surface area contributed by atoms with Crippen molar-refractivity contribution >= 4 is 11.4 Å². The number of hydrogen-bond acceptors (Lipinski definition) is 4. The standard InChI is InChI=1S/C15H16N4O2/c1-2-6-18-7-5-13(11-18)10-17-14-4-3-12(9-16)8-15(14)19(20)21/h3-5,7-8,11,17H,2,6,10H2,1H3. The van der Waals surface area contributed by atoms with E-state index in [1.54, 1.807) is 12.1 Å². The maximum atomic E-state index is 11.0. The summed E-state index contributed by atoms with van der Waals surface area (Å²) >= 11 is 0. The van der Waals surface area contributed by atoms with E-state index in [0.717, 1.165) is 18.5 Å². The lowest BCUT2D eigenvalue weighted by Gasteiger charge is -2.06. The molecule has 0 saturated heterocycles. The van der Waals surface area contributed by atoms with E-state index in [2.05, 4.69) is 16.8 Å². The van der Waals surface area contributed by atoms with Gasteiger partial charge in [0, 0.05) is 31.5 Å². The molecule has 0 atom stereocenters. The predicted octanol–water partition coefficient (Wildman–Crippen LogP) is 3.29. The smallest absolute Gasteiger partial charge is 0.293 e. The summed E-state index contributed by atoms with van der Waals surface area (Å²) in [7, 11) is 0. The Kier molecular flexibility index (Phi) is 4.57. The second-order valence-corrected chi connectivity index (χ2v) is 4.71. The number of aryl methyl sites for hydroxylation is 1. The molecule has 2 rings (SSSR count). The summed E-state index contributed by atoms with van der Waals surface area (Å²) < 4.78 is 2.09. The van der Waals surface area contributed by atoms with Gasteiger partial charge in [-0.05, 0) is 30.2 Å². The van der Waals surface area contributed by atoms with Crippen LogP contribution in [-0.2, 0) is 13.1 Å². The van der Waals surface area contributed by atoms with Crippen LogP contribution >= 0.6 is 0 Å². The van der Waals surface area contributed by atoms with Crippen LogP contribution in [0.3, 0.4) is 0 Å². The van der Waals surface area contributed by atoms with Crippen molar-refractivity contribution in [2.45, 2.75) is 26.4 Å². The molecule has 0 saturated carbocycles. The zero-order chi connectivity index (χ0) is 15.2. The van der Waals surface area contributed by atoms with Gasteiger partial charge >= 0.3 is 0 Å². The van der Waals surface area contributed by atoms with Crippen LogP contribution in [0.4, 0.5) is 11.4 Å². The first-order valence-corrected chi connectivity index (χ1v) is 6.71. The number of anilines is 1. The Bertz CT molecular complexity index is 685. The zero-order valence-corrected chi connectivity index (χ0v) is 11.7. The fourth-order valence-electron chi connectivity index (χ4n) is 2.09. The fourth-order valence-corrected chi connectivity index (χ4v) is 2.09. The number of rotatable bonds is 6. The SMILES string of the molecule is CCCn1ccc(CNc2ccc(C#N)cc2[N+](=O)[O-])c1. The molecule has 0 fully saturated rings. The summed E-state index contributed by atoms with van der Waals surface area (Å²) in [5, 5.41) is 22.9. The normalized spacial score (nSPS) is 10.1. The second-order valence-electron chi connectivity index (χ2n) is 4.71. The molecule has 0 spiro atoms. The number of nitro benzene ring substituents is 1. The van der Waals surface area contributed by atoms with E-state index in [4.69, 9.17) is 5.26 Å². The van der Waals surface area contributed by atoms with Gasteiger partial charge in [-0.3, -0.25) is 10.1 Å². The maximum absolute atomic E-state index is 11.0. The van der Waals surface area contributed by atoms with Crippen LogP contribution in [0.25, 0.3) is 0 Å². The van der Waals surface area contributed by atoms with Crippen molar-refractivity contribution in [3.8, 4) is 6.07 Å². The van der Waals surface area contributed by atoms with Gasteiger partial charge in [0.05, 0.1) is 16.6 Å². The molecule has 1 heterocycles. The van der Waals surface area contributed by atoms with Gasteiger partial charge in [-0.25, -0.2) is 0 Å². The average molecular weight is 284 g/mol. The van der Waals surface area contributed by atoms with Crippen molar-refractivity contribution in [1.29, 1.82) is 5.26 Å². The van der Waals surface area contributed by atoms with Gasteiger partial charge < -0.3 is 9.88 Å². The maximum Gasteiger partial charge on any atom is 0.293 e. The van der Waals surface area contributed by atoms with Gasteiger partial charge in [0.1, 0.15) is 5.69 Å². The van der Waals surface area contributed by atoms with Crippen molar-refractivity contribution in [3.63, 3.8) is 0 Å². The van der Waals surface area contributed by atoms with Gasteiger partial charge in [0.25, 0.3) is 5.69 Å². The number of benzene rings is 1. The highest BCUT2D eigenvalue weighted by Gasteiger charge is 2.14. The summed E-state index contributed by atoms with van der Waals surface area (Å²) in [5.74, 6) is 0. The van der Waals surface area contributed by atoms with Crippen LogP contribution in [0.1, 0.15) is 24.5 Å². The number of nitro groups is 1. The van der Waals surface area contributed by atoms with Crippen molar-refractivity contribution in [2.24, 2.45) is 0 Å². The second kappa shape index (κ2) is 6.57. The Labute approximate surface area is 122 Å². The summed E-state index contributed by atoms with van der Waals surface area (Å²) in [4.78, 5) is 10.6. The average Bonchev–Trinajstić information content (AvgIpc) is 2.93. The van der Waals surface area contributed by atoms with E-state index in [0.29, 0.717) is 12.2 Å². The minimum absolute atomic E-state index is 0.0814. The van der Waals surface area contributed by atoms with Gasteiger partial charge in [-0.1, -0.05) is 6.92 Å². The Hall–Kier alpha value is -2.81. The van der Waals surface area contributed by atoms with Crippen molar-refractivity contribution in [1.82, 2.24) is 4.57 Å². The molecular formula is C15H16N4O2. The first-order valence-electron chi connectivity index (χ1n) is 6.71. The lowest BCUT2D eigenvalue weighted by atomic mass is 10.2. The van der Waals surface area contributed by atoms with E-state index < -0.39 is 4.92 Å². The molecule has 1 aromatic carbocycles. The topological polar surface area (TPSA) is 83.9 Å². The van der Waals surface area contributed by atoms with Crippen LogP contribution in [0, 0.1) is 21.4 Å². The third kappa shape index (κ3) is 3.60. The van der Waals surface area contributed by atoms with E-state index in [1.807, 2.05) is 24.5 Å². The minimum Gasteiger partial charge on any atom is -0.375 e. The number of hydrogen-bond donors (Lipinski definition) is 1. The highest BCUT2D eigenvalue weighted by atomic mass is 16.6. The molecule has 0 aliphatic carbocycles. The first-order chi connectivity index (χ1) is 10.1.